The van der Waals surface area contributed by atoms with Crippen LogP contribution in [0.25, 0.3) is 0 Å². The number of carboxylic acid groups (broad SMARTS) is 1. The fraction of sp³-hybridized carbons (Fsp3) is 0.588. The molecule has 0 unspecified atom stereocenters. The van der Waals surface area contributed by atoms with Crippen molar-refractivity contribution in [3.05, 3.63) is 24.4 Å². The molecule has 3 heterocycles. The molecule has 1 atom stereocenters. The van der Waals surface area contributed by atoms with Gasteiger partial charge in [-0.1, -0.05) is 6.07 Å². The molecular weight excluding hydrogens is 308 g/mol. The number of carbonyl (C=O) groups is 2. The number of anilines is 1. The number of carboxylic acids is 1. The Labute approximate surface area is 141 Å². The minimum Gasteiger partial charge on any atom is -0.480 e. The van der Waals surface area contributed by atoms with E-state index in [0.717, 1.165) is 31.9 Å². The Bertz CT molecular complexity index is 572. The molecule has 24 heavy (non-hydrogen) atoms. The number of amides is 1. The number of piperazine rings is 1. The first-order valence-corrected chi connectivity index (χ1v) is 8.56. The van der Waals surface area contributed by atoms with Crippen LogP contribution >= 0.6 is 0 Å². The van der Waals surface area contributed by atoms with Crippen molar-refractivity contribution in [1.82, 2.24) is 14.8 Å². The summed E-state index contributed by atoms with van der Waals surface area (Å²) in [5, 5.41) is 9.19. The zero-order valence-electron chi connectivity index (χ0n) is 13.8. The summed E-state index contributed by atoms with van der Waals surface area (Å²) in [6.45, 7) is 4.26. The maximum absolute atomic E-state index is 12.4. The predicted octanol–water partition coefficient (Wildman–Crippen LogP) is 0.669. The minimum absolute atomic E-state index is 0.117. The molecule has 0 aliphatic carbocycles. The average Bonchev–Trinajstić information content (AvgIpc) is 3.09. The molecule has 0 radical (unpaired) electrons. The number of rotatable bonds is 5. The summed E-state index contributed by atoms with van der Waals surface area (Å²) in [6.07, 6.45) is 3.76. The highest BCUT2D eigenvalue weighted by Gasteiger charge is 2.31. The van der Waals surface area contributed by atoms with Crippen LogP contribution in [-0.2, 0) is 9.59 Å². The Morgan fingerprint density at radius 2 is 1.96 bits per heavy atom. The van der Waals surface area contributed by atoms with Gasteiger partial charge >= 0.3 is 5.97 Å². The van der Waals surface area contributed by atoms with Gasteiger partial charge in [0.2, 0.25) is 5.91 Å². The summed E-state index contributed by atoms with van der Waals surface area (Å²) in [4.78, 5) is 33.9. The SMILES string of the molecule is O=C(O)[C@@H]1CCCN1CCC(=O)N1CCN(c2ccccn2)CC1. The molecule has 7 nitrogen and oxygen atoms in total. The molecule has 130 valence electrons. The van der Waals surface area contributed by atoms with Crippen molar-refractivity contribution in [2.75, 3.05) is 44.2 Å². The molecule has 1 aromatic heterocycles. The van der Waals surface area contributed by atoms with Gasteiger partial charge in [-0.3, -0.25) is 14.5 Å². The van der Waals surface area contributed by atoms with E-state index in [4.69, 9.17) is 0 Å². The number of nitrogens with zero attached hydrogens (tertiary/aromatic N) is 4. The second-order valence-electron chi connectivity index (χ2n) is 6.34. The van der Waals surface area contributed by atoms with Gasteiger partial charge in [0.1, 0.15) is 11.9 Å². The lowest BCUT2D eigenvalue weighted by atomic mass is 10.2. The van der Waals surface area contributed by atoms with E-state index in [1.165, 1.54) is 0 Å². The van der Waals surface area contributed by atoms with Gasteiger partial charge < -0.3 is 14.9 Å². The van der Waals surface area contributed by atoms with E-state index in [1.54, 1.807) is 6.20 Å². The molecule has 0 bridgehead atoms. The summed E-state index contributed by atoms with van der Waals surface area (Å²) in [6, 6.07) is 5.43. The van der Waals surface area contributed by atoms with Gasteiger partial charge in [-0.05, 0) is 31.5 Å². The molecule has 1 N–H and O–H groups in total. The number of hydrogen-bond donors (Lipinski definition) is 1. The fourth-order valence-corrected chi connectivity index (χ4v) is 3.50. The summed E-state index contributed by atoms with van der Waals surface area (Å²) in [7, 11) is 0. The van der Waals surface area contributed by atoms with E-state index in [2.05, 4.69) is 9.88 Å². The van der Waals surface area contributed by atoms with Crippen LogP contribution in [0.1, 0.15) is 19.3 Å². The molecule has 2 aliphatic heterocycles. The first-order chi connectivity index (χ1) is 11.6. The standard InChI is InChI=1S/C17H24N4O3/c22-16(6-9-19-8-3-4-14(19)17(23)24)21-12-10-20(11-13-21)15-5-1-2-7-18-15/h1-2,5,7,14H,3-4,6,8-13H2,(H,23,24)/t14-/m0/s1. The van der Waals surface area contributed by atoms with E-state index < -0.39 is 12.0 Å². The Morgan fingerprint density at radius 3 is 2.62 bits per heavy atom. The average molecular weight is 332 g/mol. The zero-order valence-corrected chi connectivity index (χ0v) is 13.8. The Balaban J connectivity index is 1.45. The third-order valence-corrected chi connectivity index (χ3v) is 4.87. The van der Waals surface area contributed by atoms with Gasteiger partial charge in [0, 0.05) is 45.3 Å². The molecule has 2 fully saturated rings. The summed E-state index contributed by atoms with van der Waals surface area (Å²) in [5.41, 5.74) is 0. The van der Waals surface area contributed by atoms with E-state index >= 15 is 0 Å². The van der Waals surface area contributed by atoms with Crippen molar-refractivity contribution >= 4 is 17.7 Å². The molecule has 3 rings (SSSR count). The number of likely N-dealkylation sites (tertiary alicyclic amines) is 1. The minimum atomic E-state index is -0.774. The maximum atomic E-state index is 12.4. The van der Waals surface area contributed by atoms with Crippen molar-refractivity contribution in [2.45, 2.75) is 25.3 Å². The van der Waals surface area contributed by atoms with Crippen molar-refractivity contribution in [2.24, 2.45) is 0 Å². The maximum Gasteiger partial charge on any atom is 0.320 e. The molecule has 0 saturated carbocycles. The number of carbonyl (C=O) groups excluding carboxylic acids is 1. The Hall–Kier alpha value is -2.15. The van der Waals surface area contributed by atoms with E-state index in [-0.39, 0.29) is 5.91 Å². The predicted molar refractivity (Wildman–Crippen MR) is 89.9 cm³/mol. The van der Waals surface area contributed by atoms with Gasteiger partial charge in [0.25, 0.3) is 0 Å². The van der Waals surface area contributed by atoms with Crippen LogP contribution in [0.3, 0.4) is 0 Å². The third-order valence-electron chi connectivity index (χ3n) is 4.87. The smallest absolute Gasteiger partial charge is 0.320 e. The summed E-state index contributed by atoms with van der Waals surface area (Å²) in [5.74, 6) is 0.293. The van der Waals surface area contributed by atoms with Gasteiger partial charge in [-0.2, -0.15) is 0 Å². The molecule has 0 aromatic carbocycles. The van der Waals surface area contributed by atoms with Gasteiger partial charge in [-0.25, -0.2) is 4.98 Å². The van der Waals surface area contributed by atoms with E-state index in [0.29, 0.717) is 32.5 Å². The summed E-state index contributed by atoms with van der Waals surface area (Å²) >= 11 is 0. The van der Waals surface area contributed by atoms with Gasteiger partial charge in [-0.15, -0.1) is 0 Å². The van der Waals surface area contributed by atoms with Crippen LogP contribution in [0.2, 0.25) is 0 Å². The Kier molecular flexibility index (Phi) is 5.30. The van der Waals surface area contributed by atoms with Gasteiger partial charge in [0.05, 0.1) is 0 Å². The van der Waals surface area contributed by atoms with Crippen LogP contribution in [0.15, 0.2) is 24.4 Å². The number of aromatic nitrogens is 1. The quantitative estimate of drug-likeness (QED) is 0.854. The Morgan fingerprint density at radius 1 is 1.17 bits per heavy atom. The second-order valence-corrected chi connectivity index (χ2v) is 6.34. The summed E-state index contributed by atoms with van der Waals surface area (Å²) < 4.78 is 0. The lowest BCUT2D eigenvalue weighted by Gasteiger charge is -2.35. The largest absolute Gasteiger partial charge is 0.480 e. The molecule has 2 aliphatic rings. The van der Waals surface area contributed by atoms with Crippen molar-refractivity contribution in [1.29, 1.82) is 0 Å². The van der Waals surface area contributed by atoms with Crippen LogP contribution < -0.4 is 4.90 Å². The number of aliphatic carboxylic acids is 1. The highest BCUT2D eigenvalue weighted by atomic mass is 16.4. The van der Waals surface area contributed by atoms with Crippen LogP contribution in [-0.4, -0.2) is 77.1 Å². The highest BCUT2D eigenvalue weighted by Crippen LogP contribution is 2.18. The zero-order chi connectivity index (χ0) is 16.9. The first-order valence-electron chi connectivity index (χ1n) is 8.56. The highest BCUT2D eigenvalue weighted by molar-refractivity contribution is 5.77. The molecular formula is C17H24N4O3. The van der Waals surface area contributed by atoms with E-state index in [9.17, 15) is 14.7 Å². The molecule has 1 amide bonds. The third kappa shape index (κ3) is 3.84. The number of pyridine rings is 1. The van der Waals surface area contributed by atoms with Crippen molar-refractivity contribution < 1.29 is 14.7 Å². The lowest BCUT2D eigenvalue weighted by molar-refractivity contribution is -0.143. The van der Waals surface area contributed by atoms with Crippen molar-refractivity contribution in [3.8, 4) is 0 Å². The van der Waals surface area contributed by atoms with Crippen molar-refractivity contribution in [3.63, 3.8) is 0 Å². The normalized spacial score (nSPS) is 21.9. The second kappa shape index (κ2) is 7.61. The monoisotopic (exact) mass is 332 g/mol. The molecule has 0 spiro atoms. The molecule has 1 aromatic rings. The molecule has 7 heteroatoms. The van der Waals surface area contributed by atoms with Crippen LogP contribution in [0.5, 0.6) is 0 Å². The van der Waals surface area contributed by atoms with Crippen LogP contribution in [0.4, 0.5) is 5.82 Å². The molecule has 2 saturated heterocycles. The van der Waals surface area contributed by atoms with Gasteiger partial charge in [0.15, 0.2) is 0 Å². The number of hydrogen-bond acceptors (Lipinski definition) is 5. The fourth-order valence-electron chi connectivity index (χ4n) is 3.50. The first kappa shape index (κ1) is 16.7. The lowest BCUT2D eigenvalue weighted by Crippen LogP contribution is -2.49. The topological polar surface area (TPSA) is 77.0 Å². The van der Waals surface area contributed by atoms with E-state index in [1.807, 2.05) is 28.0 Å². The van der Waals surface area contributed by atoms with Crippen LogP contribution in [0, 0.1) is 0 Å².